The van der Waals surface area contributed by atoms with E-state index in [-0.39, 0.29) is 17.5 Å². The monoisotopic (exact) mass is 262 g/mol. The summed E-state index contributed by atoms with van der Waals surface area (Å²) in [6.07, 6.45) is 1.12. The molecule has 6 heteroatoms. The van der Waals surface area contributed by atoms with Crippen LogP contribution in [0.1, 0.15) is 28.9 Å². The lowest BCUT2D eigenvalue weighted by Crippen LogP contribution is -2.27. The maximum Gasteiger partial charge on any atom is 0.290 e. The molecule has 0 radical (unpaired) electrons. The SMILES string of the molecule is CCc1nc(C(=O)NCCc2ccccc2F)n[nH]1. The second kappa shape index (κ2) is 6.08. The van der Waals surface area contributed by atoms with E-state index in [4.69, 9.17) is 0 Å². The molecule has 0 saturated carbocycles. The summed E-state index contributed by atoms with van der Waals surface area (Å²) >= 11 is 0. The molecule has 1 aromatic carbocycles. The Morgan fingerprint density at radius 3 is 2.89 bits per heavy atom. The van der Waals surface area contributed by atoms with Crippen LogP contribution in [0.25, 0.3) is 0 Å². The number of nitrogens with one attached hydrogen (secondary N) is 2. The standard InChI is InChI=1S/C13H15FN4O/c1-2-11-16-12(18-17-11)13(19)15-8-7-9-5-3-4-6-10(9)14/h3-6H,2,7-8H2,1H3,(H,15,19)(H,16,17,18). The van der Waals surface area contributed by atoms with Crippen molar-refractivity contribution in [2.24, 2.45) is 0 Å². The van der Waals surface area contributed by atoms with Gasteiger partial charge < -0.3 is 5.32 Å². The Balaban J connectivity index is 1.86. The molecule has 0 atom stereocenters. The van der Waals surface area contributed by atoms with E-state index in [2.05, 4.69) is 20.5 Å². The topological polar surface area (TPSA) is 70.7 Å². The predicted molar refractivity (Wildman–Crippen MR) is 68.2 cm³/mol. The molecule has 19 heavy (non-hydrogen) atoms. The Morgan fingerprint density at radius 2 is 2.21 bits per heavy atom. The number of carbonyl (C=O) groups is 1. The minimum absolute atomic E-state index is 0.116. The molecule has 1 heterocycles. The first-order chi connectivity index (χ1) is 9.20. The molecule has 0 spiro atoms. The number of halogens is 1. The Hall–Kier alpha value is -2.24. The Labute approximate surface area is 110 Å². The van der Waals surface area contributed by atoms with Gasteiger partial charge in [-0.25, -0.2) is 9.37 Å². The minimum atomic E-state index is -0.354. The lowest BCUT2D eigenvalue weighted by atomic mass is 10.1. The van der Waals surface area contributed by atoms with Crippen LogP contribution >= 0.6 is 0 Å². The smallest absolute Gasteiger partial charge is 0.290 e. The normalized spacial score (nSPS) is 10.4. The number of carbonyl (C=O) groups excluding carboxylic acids is 1. The average Bonchev–Trinajstić information content (AvgIpc) is 2.90. The fourth-order valence-corrected chi connectivity index (χ4v) is 1.65. The van der Waals surface area contributed by atoms with Gasteiger partial charge in [0.25, 0.3) is 5.91 Å². The van der Waals surface area contributed by atoms with Crippen LogP contribution in [0.2, 0.25) is 0 Å². The summed E-state index contributed by atoms with van der Waals surface area (Å²) in [5.41, 5.74) is 0.576. The number of aromatic nitrogens is 3. The largest absolute Gasteiger partial charge is 0.349 e. The zero-order valence-corrected chi connectivity index (χ0v) is 10.6. The van der Waals surface area contributed by atoms with E-state index in [9.17, 15) is 9.18 Å². The van der Waals surface area contributed by atoms with Crippen LogP contribution in [0.15, 0.2) is 24.3 Å². The van der Waals surface area contributed by atoms with Crippen molar-refractivity contribution in [3.8, 4) is 0 Å². The van der Waals surface area contributed by atoms with E-state index < -0.39 is 0 Å². The van der Waals surface area contributed by atoms with Crippen LogP contribution in [-0.2, 0) is 12.8 Å². The lowest BCUT2D eigenvalue weighted by Gasteiger charge is -2.03. The zero-order valence-electron chi connectivity index (χ0n) is 10.6. The summed E-state index contributed by atoms with van der Waals surface area (Å²) in [5.74, 6) is 0.167. The van der Waals surface area contributed by atoms with Gasteiger partial charge in [0.15, 0.2) is 0 Å². The molecule has 2 aromatic rings. The van der Waals surface area contributed by atoms with Crippen molar-refractivity contribution >= 4 is 5.91 Å². The van der Waals surface area contributed by atoms with Crippen molar-refractivity contribution in [3.63, 3.8) is 0 Å². The number of aromatic amines is 1. The molecule has 0 aliphatic carbocycles. The number of rotatable bonds is 5. The number of benzene rings is 1. The summed E-state index contributed by atoms with van der Waals surface area (Å²) in [7, 11) is 0. The Bertz CT molecular complexity index is 567. The van der Waals surface area contributed by atoms with Gasteiger partial charge in [0.1, 0.15) is 11.6 Å². The second-order valence-electron chi connectivity index (χ2n) is 4.06. The molecule has 100 valence electrons. The van der Waals surface area contributed by atoms with E-state index in [1.54, 1.807) is 18.2 Å². The maximum atomic E-state index is 13.3. The van der Waals surface area contributed by atoms with Gasteiger partial charge in [0, 0.05) is 13.0 Å². The van der Waals surface area contributed by atoms with Crippen molar-refractivity contribution in [2.45, 2.75) is 19.8 Å². The van der Waals surface area contributed by atoms with Gasteiger partial charge in [-0.1, -0.05) is 25.1 Å². The van der Waals surface area contributed by atoms with Crippen molar-refractivity contribution in [1.82, 2.24) is 20.5 Å². The number of amides is 1. The van der Waals surface area contributed by atoms with Crippen LogP contribution in [0, 0.1) is 5.82 Å². The molecule has 0 fully saturated rings. The Morgan fingerprint density at radius 1 is 1.42 bits per heavy atom. The van der Waals surface area contributed by atoms with Crippen LogP contribution in [0.5, 0.6) is 0 Å². The van der Waals surface area contributed by atoms with E-state index >= 15 is 0 Å². The van der Waals surface area contributed by atoms with E-state index in [1.807, 2.05) is 6.92 Å². The highest BCUT2D eigenvalue weighted by Gasteiger charge is 2.11. The van der Waals surface area contributed by atoms with E-state index in [1.165, 1.54) is 6.07 Å². The first-order valence-corrected chi connectivity index (χ1v) is 6.13. The van der Waals surface area contributed by atoms with Crippen LogP contribution in [0.4, 0.5) is 4.39 Å². The molecule has 0 unspecified atom stereocenters. The van der Waals surface area contributed by atoms with Gasteiger partial charge in [-0.3, -0.25) is 9.89 Å². The van der Waals surface area contributed by atoms with Crippen LogP contribution in [-0.4, -0.2) is 27.6 Å². The average molecular weight is 262 g/mol. The lowest BCUT2D eigenvalue weighted by molar-refractivity contribution is 0.0944. The minimum Gasteiger partial charge on any atom is -0.349 e. The van der Waals surface area contributed by atoms with Crippen molar-refractivity contribution in [2.75, 3.05) is 6.54 Å². The molecular formula is C13H15FN4O. The third kappa shape index (κ3) is 3.37. The van der Waals surface area contributed by atoms with Gasteiger partial charge in [-0.2, -0.15) is 0 Å². The molecular weight excluding hydrogens is 247 g/mol. The molecule has 2 N–H and O–H groups in total. The Kier molecular flexibility index (Phi) is 4.22. The quantitative estimate of drug-likeness (QED) is 0.857. The molecule has 0 bridgehead atoms. The van der Waals surface area contributed by atoms with Crippen molar-refractivity contribution in [3.05, 3.63) is 47.3 Å². The van der Waals surface area contributed by atoms with Crippen LogP contribution in [0.3, 0.4) is 0 Å². The number of nitrogens with zero attached hydrogens (tertiary/aromatic N) is 2. The first kappa shape index (κ1) is 13.2. The first-order valence-electron chi connectivity index (χ1n) is 6.13. The second-order valence-corrected chi connectivity index (χ2v) is 4.06. The third-order valence-corrected chi connectivity index (χ3v) is 2.71. The molecule has 0 aliphatic heterocycles. The summed E-state index contributed by atoms with van der Waals surface area (Å²) in [6.45, 7) is 2.26. The highest BCUT2D eigenvalue weighted by Crippen LogP contribution is 2.06. The maximum absolute atomic E-state index is 13.3. The number of hydrogen-bond donors (Lipinski definition) is 2. The predicted octanol–water partition coefficient (Wildman–Crippen LogP) is 1.48. The molecule has 1 amide bonds. The molecule has 0 saturated heterocycles. The van der Waals surface area contributed by atoms with E-state index in [0.717, 1.165) is 0 Å². The van der Waals surface area contributed by atoms with Crippen molar-refractivity contribution in [1.29, 1.82) is 0 Å². The summed E-state index contributed by atoms with van der Waals surface area (Å²) < 4.78 is 13.3. The number of aryl methyl sites for hydroxylation is 1. The summed E-state index contributed by atoms with van der Waals surface area (Å²) in [5, 5.41) is 9.14. The highest BCUT2D eigenvalue weighted by molar-refractivity contribution is 5.90. The van der Waals surface area contributed by atoms with Gasteiger partial charge in [0.05, 0.1) is 0 Å². The molecule has 0 aliphatic rings. The summed E-state index contributed by atoms with van der Waals surface area (Å²) in [6, 6.07) is 6.50. The molecule has 2 rings (SSSR count). The van der Waals surface area contributed by atoms with Crippen LogP contribution < -0.4 is 5.32 Å². The number of H-pyrrole nitrogens is 1. The van der Waals surface area contributed by atoms with Gasteiger partial charge in [0.2, 0.25) is 5.82 Å². The van der Waals surface area contributed by atoms with Gasteiger partial charge in [-0.05, 0) is 18.1 Å². The third-order valence-electron chi connectivity index (χ3n) is 2.71. The van der Waals surface area contributed by atoms with Gasteiger partial charge in [-0.15, -0.1) is 5.10 Å². The van der Waals surface area contributed by atoms with Gasteiger partial charge >= 0.3 is 0 Å². The van der Waals surface area contributed by atoms with E-state index in [0.29, 0.717) is 30.8 Å². The fourth-order valence-electron chi connectivity index (χ4n) is 1.65. The molecule has 5 nitrogen and oxygen atoms in total. The molecule has 1 aromatic heterocycles. The fraction of sp³-hybridized carbons (Fsp3) is 0.308. The number of hydrogen-bond acceptors (Lipinski definition) is 3. The summed E-state index contributed by atoms with van der Waals surface area (Å²) in [4.78, 5) is 15.7. The van der Waals surface area contributed by atoms with Crippen molar-refractivity contribution < 1.29 is 9.18 Å². The highest BCUT2D eigenvalue weighted by atomic mass is 19.1. The zero-order chi connectivity index (χ0) is 13.7.